The summed E-state index contributed by atoms with van der Waals surface area (Å²) >= 11 is 0. The van der Waals surface area contributed by atoms with Crippen molar-refractivity contribution in [1.82, 2.24) is 5.32 Å². The van der Waals surface area contributed by atoms with E-state index < -0.39 is 4.92 Å². The molecule has 1 fully saturated rings. The number of amides is 2. The zero-order chi connectivity index (χ0) is 15.4. The number of anilines is 1. The molecule has 21 heavy (non-hydrogen) atoms. The number of benzene rings is 1. The Labute approximate surface area is 120 Å². The van der Waals surface area contributed by atoms with Gasteiger partial charge in [0.15, 0.2) is 0 Å². The molecule has 2 rings (SSSR count). The average molecular weight is 293 g/mol. The van der Waals surface area contributed by atoms with E-state index in [1.807, 2.05) is 0 Å². The van der Waals surface area contributed by atoms with E-state index in [-0.39, 0.29) is 42.1 Å². The highest BCUT2D eigenvalue weighted by atomic mass is 16.6. The zero-order valence-corrected chi connectivity index (χ0v) is 11.4. The van der Waals surface area contributed by atoms with Crippen molar-refractivity contribution in [1.29, 1.82) is 0 Å². The molecule has 112 valence electrons. The number of nitro groups is 1. The lowest BCUT2D eigenvalue weighted by atomic mass is 9.98. The fraction of sp³-hybridized carbons (Fsp3) is 0.385. The Morgan fingerprint density at radius 3 is 2.86 bits per heavy atom. The van der Waals surface area contributed by atoms with Crippen LogP contribution in [0.25, 0.3) is 0 Å². The maximum Gasteiger partial charge on any atom is 0.296 e. The Hall–Kier alpha value is -2.64. The first-order valence-electron chi connectivity index (χ1n) is 6.41. The number of hydrogen-bond donors (Lipinski definition) is 2. The highest BCUT2D eigenvalue weighted by Crippen LogP contribution is 2.29. The Morgan fingerprint density at radius 1 is 1.52 bits per heavy atom. The highest BCUT2D eigenvalue weighted by Gasteiger charge is 2.26. The second kappa shape index (κ2) is 6.21. The topological polar surface area (TPSA) is 111 Å². The second-order valence-electron chi connectivity index (χ2n) is 4.67. The summed E-state index contributed by atoms with van der Waals surface area (Å²) in [4.78, 5) is 33.6. The van der Waals surface area contributed by atoms with E-state index in [1.54, 1.807) is 0 Å². The Morgan fingerprint density at radius 2 is 2.29 bits per heavy atom. The van der Waals surface area contributed by atoms with E-state index >= 15 is 0 Å². The molecular weight excluding hydrogens is 278 g/mol. The average Bonchev–Trinajstić information content (AvgIpc) is 2.48. The predicted octanol–water partition coefficient (Wildman–Crippen LogP) is 1.07. The molecule has 1 saturated heterocycles. The summed E-state index contributed by atoms with van der Waals surface area (Å²) in [5, 5.41) is 16.2. The lowest BCUT2D eigenvalue weighted by molar-refractivity contribution is -0.384. The molecule has 0 saturated carbocycles. The molecule has 1 aliphatic heterocycles. The maximum atomic E-state index is 12.1. The predicted molar refractivity (Wildman–Crippen MR) is 74.0 cm³/mol. The van der Waals surface area contributed by atoms with Gasteiger partial charge in [-0.15, -0.1) is 0 Å². The molecule has 1 heterocycles. The van der Waals surface area contributed by atoms with Gasteiger partial charge in [-0.25, -0.2) is 0 Å². The quantitative estimate of drug-likeness (QED) is 0.637. The van der Waals surface area contributed by atoms with Gasteiger partial charge >= 0.3 is 0 Å². The number of hydrogen-bond acceptors (Lipinski definition) is 5. The molecule has 1 aliphatic rings. The number of nitrogens with one attached hydrogen (secondary N) is 2. The van der Waals surface area contributed by atoms with Gasteiger partial charge in [0, 0.05) is 13.0 Å². The largest absolute Gasteiger partial charge is 0.496 e. The number of ether oxygens (including phenoxy) is 1. The summed E-state index contributed by atoms with van der Waals surface area (Å²) in [5.74, 6) is -0.480. The first-order valence-corrected chi connectivity index (χ1v) is 6.41. The van der Waals surface area contributed by atoms with Crippen LogP contribution in [0.1, 0.15) is 12.8 Å². The summed E-state index contributed by atoms with van der Waals surface area (Å²) in [6.07, 6.45) is 0.713. The zero-order valence-electron chi connectivity index (χ0n) is 11.4. The number of nitro benzene ring substituents is 1. The molecule has 1 aromatic rings. The van der Waals surface area contributed by atoms with Crippen molar-refractivity contribution >= 4 is 23.2 Å². The van der Waals surface area contributed by atoms with Crippen LogP contribution < -0.4 is 15.4 Å². The van der Waals surface area contributed by atoms with Crippen LogP contribution in [0.5, 0.6) is 5.75 Å². The Kier molecular flexibility index (Phi) is 4.36. The Balaban J connectivity index is 2.13. The number of methoxy groups -OCH3 is 1. The normalized spacial score (nSPS) is 17.8. The van der Waals surface area contributed by atoms with E-state index in [0.29, 0.717) is 12.2 Å². The van der Waals surface area contributed by atoms with Crippen molar-refractivity contribution in [2.24, 2.45) is 5.92 Å². The van der Waals surface area contributed by atoms with Gasteiger partial charge in [0.25, 0.3) is 5.69 Å². The molecular formula is C13H15N3O5. The number of piperidine rings is 1. The molecule has 0 radical (unpaired) electrons. The van der Waals surface area contributed by atoms with Crippen LogP contribution in [-0.4, -0.2) is 30.4 Å². The first-order chi connectivity index (χ1) is 10.0. The van der Waals surface area contributed by atoms with Gasteiger partial charge in [-0.1, -0.05) is 0 Å². The molecule has 0 bridgehead atoms. The molecule has 1 aromatic carbocycles. The highest BCUT2D eigenvalue weighted by molar-refractivity contribution is 5.96. The standard InChI is InChI=1S/C13H15N3O5/c1-21-9-3-4-10(11(6-9)16(19)20)15-13(18)8-2-5-12(17)14-7-8/h3-4,6,8H,2,5,7H2,1H3,(H,14,17)(H,15,18). The lowest BCUT2D eigenvalue weighted by Crippen LogP contribution is -2.40. The first kappa shape index (κ1) is 14.8. The fourth-order valence-electron chi connectivity index (χ4n) is 2.09. The molecule has 0 aromatic heterocycles. The van der Waals surface area contributed by atoms with Crippen LogP contribution in [-0.2, 0) is 9.59 Å². The molecule has 1 atom stereocenters. The minimum Gasteiger partial charge on any atom is -0.496 e. The van der Waals surface area contributed by atoms with E-state index in [2.05, 4.69) is 10.6 Å². The van der Waals surface area contributed by atoms with E-state index in [9.17, 15) is 19.7 Å². The number of carbonyl (C=O) groups is 2. The SMILES string of the molecule is COc1ccc(NC(=O)C2CCC(=O)NC2)c([N+](=O)[O-])c1. The summed E-state index contributed by atoms with van der Waals surface area (Å²) < 4.78 is 4.93. The third-order valence-corrected chi connectivity index (χ3v) is 3.30. The summed E-state index contributed by atoms with van der Waals surface area (Å²) in [6, 6.07) is 4.21. The van der Waals surface area contributed by atoms with E-state index in [0.717, 1.165) is 0 Å². The van der Waals surface area contributed by atoms with Crippen molar-refractivity contribution in [3.05, 3.63) is 28.3 Å². The van der Waals surface area contributed by atoms with Crippen LogP contribution in [0.15, 0.2) is 18.2 Å². The van der Waals surface area contributed by atoms with E-state index in [4.69, 9.17) is 4.74 Å². The summed E-state index contributed by atoms with van der Waals surface area (Å²) in [6.45, 7) is 0.245. The van der Waals surface area contributed by atoms with Crippen molar-refractivity contribution in [3.8, 4) is 5.75 Å². The Bertz CT molecular complexity index is 577. The van der Waals surface area contributed by atoms with Gasteiger partial charge in [-0.3, -0.25) is 19.7 Å². The minimum absolute atomic E-state index is 0.0884. The van der Waals surface area contributed by atoms with Crippen LogP contribution in [0, 0.1) is 16.0 Å². The van der Waals surface area contributed by atoms with Crippen molar-refractivity contribution in [3.63, 3.8) is 0 Å². The summed E-state index contributed by atoms with van der Waals surface area (Å²) in [5.41, 5.74) is -0.120. The van der Waals surface area contributed by atoms with Gasteiger partial charge in [-0.05, 0) is 18.6 Å². The molecule has 2 amide bonds. The van der Waals surface area contributed by atoms with Crippen molar-refractivity contribution < 1.29 is 19.2 Å². The fourth-order valence-corrected chi connectivity index (χ4v) is 2.09. The third-order valence-electron chi connectivity index (χ3n) is 3.30. The van der Waals surface area contributed by atoms with E-state index in [1.165, 1.54) is 25.3 Å². The van der Waals surface area contributed by atoms with Gasteiger partial charge in [0.1, 0.15) is 11.4 Å². The molecule has 0 spiro atoms. The summed E-state index contributed by atoms with van der Waals surface area (Å²) in [7, 11) is 1.40. The maximum absolute atomic E-state index is 12.1. The number of nitrogens with zero attached hydrogens (tertiary/aromatic N) is 1. The minimum atomic E-state index is -0.583. The molecule has 0 aliphatic carbocycles. The van der Waals surface area contributed by atoms with Gasteiger partial charge in [0.2, 0.25) is 11.8 Å². The van der Waals surface area contributed by atoms with Crippen LogP contribution in [0.3, 0.4) is 0 Å². The van der Waals surface area contributed by atoms with Crippen LogP contribution in [0.2, 0.25) is 0 Å². The monoisotopic (exact) mass is 293 g/mol. The van der Waals surface area contributed by atoms with Gasteiger partial charge in [0.05, 0.1) is 24.0 Å². The third kappa shape index (κ3) is 3.47. The van der Waals surface area contributed by atoms with Gasteiger partial charge < -0.3 is 15.4 Å². The number of rotatable bonds is 4. The van der Waals surface area contributed by atoms with Crippen molar-refractivity contribution in [2.45, 2.75) is 12.8 Å². The smallest absolute Gasteiger partial charge is 0.296 e. The molecule has 1 unspecified atom stereocenters. The number of carbonyl (C=O) groups excluding carboxylic acids is 2. The van der Waals surface area contributed by atoms with Crippen LogP contribution >= 0.6 is 0 Å². The lowest BCUT2D eigenvalue weighted by Gasteiger charge is -2.21. The molecule has 8 nitrogen and oxygen atoms in total. The molecule has 2 N–H and O–H groups in total. The molecule has 8 heteroatoms. The van der Waals surface area contributed by atoms with Gasteiger partial charge in [-0.2, -0.15) is 0 Å². The second-order valence-corrected chi connectivity index (χ2v) is 4.67. The van der Waals surface area contributed by atoms with Crippen molar-refractivity contribution in [2.75, 3.05) is 19.0 Å². The van der Waals surface area contributed by atoms with Crippen LogP contribution in [0.4, 0.5) is 11.4 Å².